The zero-order chi connectivity index (χ0) is 27.6. The molecular formula is C28H31N7O4. The molecule has 0 atom stereocenters. The second-order valence-electron chi connectivity index (χ2n) is 8.37. The van der Waals surface area contributed by atoms with E-state index in [1.807, 2.05) is 55.5 Å². The van der Waals surface area contributed by atoms with E-state index in [-0.39, 0.29) is 0 Å². The fourth-order valence-electron chi connectivity index (χ4n) is 3.60. The fourth-order valence-corrected chi connectivity index (χ4v) is 3.60. The topological polar surface area (TPSA) is 125 Å². The third-order valence-corrected chi connectivity index (χ3v) is 5.77. The lowest BCUT2D eigenvalue weighted by atomic mass is 10.2. The minimum Gasteiger partial charge on any atom is -0.497 e. The zero-order valence-electron chi connectivity index (χ0n) is 22.3. The number of carbonyl (C=O) groups excluding carboxylic acids is 1. The Morgan fingerprint density at radius 2 is 1.41 bits per heavy atom. The van der Waals surface area contributed by atoms with Gasteiger partial charge in [0.15, 0.2) is 0 Å². The van der Waals surface area contributed by atoms with Gasteiger partial charge in [0, 0.05) is 24.7 Å². The number of nitrogens with one attached hydrogen (secondary N) is 2. The van der Waals surface area contributed by atoms with Crippen molar-refractivity contribution in [1.29, 1.82) is 0 Å². The summed E-state index contributed by atoms with van der Waals surface area (Å²) in [5.74, 6) is 2.24. The molecule has 2 heterocycles. The Hall–Kier alpha value is -4.93. The molecule has 0 fully saturated rings. The summed E-state index contributed by atoms with van der Waals surface area (Å²) in [6, 6.07) is 15.5. The molecule has 4 aromatic rings. The Kier molecular flexibility index (Phi) is 9.07. The Labute approximate surface area is 226 Å². The first kappa shape index (κ1) is 27.1. The van der Waals surface area contributed by atoms with Crippen LogP contribution in [0.25, 0.3) is 12.0 Å². The van der Waals surface area contributed by atoms with Crippen molar-refractivity contribution in [2.45, 2.75) is 26.9 Å². The van der Waals surface area contributed by atoms with E-state index in [1.165, 1.54) is 6.08 Å². The van der Waals surface area contributed by atoms with Crippen LogP contribution in [0, 0.1) is 6.92 Å². The van der Waals surface area contributed by atoms with Gasteiger partial charge >= 0.3 is 5.97 Å². The number of hydrogen-bond donors (Lipinski definition) is 2. The summed E-state index contributed by atoms with van der Waals surface area (Å²) in [5, 5.41) is 11.0. The van der Waals surface area contributed by atoms with Crippen molar-refractivity contribution < 1.29 is 19.0 Å². The summed E-state index contributed by atoms with van der Waals surface area (Å²) in [5.41, 5.74) is 3.56. The maximum Gasteiger partial charge on any atom is 0.330 e. The van der Waals surface area contributed by atoms with Crippen LogP contribution in [-0.2, 0) is 22.6 Å². The van der Waals surface area contributed by atoms with E-state index in [0.29, 0.717) is 37.5 Å². The minimum absolute atomic E-state index is 0.310. The molecule has 0 unspecified atom stereocenters. The number of anilines is 2. The highest BCUT2D eigenvalue weighted by Crippen LogP contribution is 2.18. The summed E-state index contributed by atoms with van der Waals surface area (Å²) >= 11 is 0. The predicted octanol–water partition coefficient (Wildman–Crippen LogP) is 4.18. The van der Waals surface area contributed by atoms with Gasteiger partial charge in [-0.25, -0.2) is 9.48 Å². The Morgan fingerprint density at radius 3 is 1.90 bits per heavy atom. The van der Waals surface area contributed by atoms with Gasteiger partial charge < -0.3 is 24.8 Å². The molecule has 39 heavy (non-hydrogen) atoms. The molecule has 202 valence electrons. The Morgan fingerprint density at radius 1 is 0.872 bits per heavy atom. The van der Waals surface area contributed by atoms with Gasteiger partial charge in [0.05, 0.1) is 32.7 Å². The van der Waals surface area contributed by atoms with Crippen LogP contribution in [0.5, 0.6) is 11.5 Å². The van der Waals surface area contributed by atoms with E-state index >= 15 is 0 Å². The molecular weight excluding hydrogens is 498 g/mol. The van der Waals surface area contributed by atoms with Crippen LogP contribution >= 0.6 is 0 Å². The smallest absolute Gasteiger partial charge is 0.330 e. The van der Waals surface area contributed by atoms with E-state index in [9.17, 15) is 4.79 Å². The van der Waals surface area contributed by atoms with Crippen molar-refractivity contribution in [3.8, 4) is 17.4 Å². The minimum atomic E-state index is -0.417. The highest BCUT2D eigenvalue weighted by atomic mass is 16.5. The summed E-state index contributed by atoms with van der Waals surface area (Å²) in [6.07, 6.45) is 4.67. The van der Waals surface area contributed by atoms with Crippen LogP contribution in [0.4, 0.5) is 11.9 Å². The van der Waals surface area contributed by atoms with E-state index in [2.05, 4.69) is 30.7 Å². The van der Waals surface area contributed by atoms with Crippen LogP contribution in [0.2, 0.25) is 0 Å². The van der Waals surface area contributed by atoms with Crippen molar-refractivity contribution in [1.82, 2.24) is 24.7 Å². The average molecular weight is 530 g/mol. The van der Waals surface area contributed by atoms with Gasteiger partial charge in [-0.2, -0.15) is 20.1 Å². The van der Waals surface area contributed by atoms with Crippen molar-refractivity contribution in [3.05, 3.63) is 83.2 Å². The number of ether oxygens (including phenoxy) is 3. The normalized spacial score (nSPS) is 10.9. The lowest BCUT2D eigenvalue weighted by molar-refractivity contribution is -0.137. The molecule has 0 spiro atoms. The second kappa shape index (κ2) is 13.0. The second-order valence-corrected chi connectivity index (χ2v) is 8.37. The molecule has 0 aliphatic rings. The SMILES string of the molecule is CCOC(=O)C=Cc1cnn(-c2nc(NCc3ccc(OC)cc3)nc(NCc3ccc(OC)cc3)n2)c1C. The Balaban J connectivity index is 1.58. The number of rotatable bonds is 12. The summed E-state index contributed by atoms with van der Waals surface area (Å²) in [6.45, 7) is 4.94. The highest BCUT2D eigenvalue weighted by Gasteiger charge is 2.13. The lowest BCUT2D eigenvalue weighted by Gasteiger charge is -2.12. The molecule has 2 aromatic carbocycles. The highest BCUT2D eigenvalue weighted by molar-refractivity contribution is 5.87. The number of hydrogen-bond acceptors (Lipinski definition) is 10. The first-order chi connectivity index (χ1) is 19.0. The molecule has 2 N–H and O–H groups in total. The van der Waals surface area contributed by atoms with Crippen LogP contribution in [0.3, 0.4) is 0 Å². The predicted molar refractivity (Wildman–Crippen MR) is 148 cm³/mol. The van der Waals surface area contributed by atoms with Gasteiger partial charge in [-0.1, -0.05) is 24.3 Å². The number of aromatic nitrogens is 5. The monoisotopic (exact) mass is 529 g/mol. The number of esters is 1. The number of benzene rings is 2. The van der Waals surface area contributed by atoms with Gasteiger partial charge in [0.1, 0.15) is 11.5 Å². The van der Waals surface area contributed by atoms with Crippen LogP contribution in [0.15, 0.2) is 60.8 Å². The molecule has 0 radical (unpaired) electrons. The average Bonchev–Trinajstić information content (AvgIpc) is 3.34. The van der Waals surface area contributed by atoms with Crippen LogP contribution < -0.4 is 20.1 Å². The number of nitrogens with zero attached hydrogens (tertiary/aromatic N) is 5. The van der Waals surface area contributed by atoms with E-state index in [1.54, 1.807) is 38.1 Å². The molecule has 0 bridgehead atoms. The molecule has 11 heteroatoms. The molecule has 0 amide bonds. The summed E-state index contributed by atoms with van der Waals surface area (Å²) in [7, 11) is 3.27. The third kappa shape index (κ3) is 7.31. The van der Waals surface area contributed by atoms with Gasteiger partial charge in [-0.05, 0) is 55.3 Å². The maximum absolute atomic E-state index is 11.7. The van der Waals surface area contributed by atoms with E-state index in [4.69, 9.17) is 14.2 Å². The number of carbonyl (C=O) groups is 1. The van der Waals surface area contributed by atoms with Crippen molar-refractivity contribution >= 4 is 23.9 Å². The Bertz CT molecular complexity index is 1350. The first-order valence-corrected chi connectivity index (χ1v) is 12.4. The van der Waals surface area contributed by atoms with Crippen molar-refractivity contribution in [2.24, 2.45) is 0 Å². The first-order valence-electron chi connectivity index (χ1n) is 12.4. The quantitative estimate of drug-likeness (QED) is 0.204. The molecule has 11 nitrogen and oxygen atoms in total. The van der Waals surface area contributed by atoms with Crippen molar-refractivity contribution in [2.75, 3.05) is 31.5 Å². The van der Waals surface area contributed by atoms with Gasteiger partial charge in [-0.3, -0.25) is 0 Å². The molecule has 0 saturated carbocycles. The number of methoxy groups -OCH3 is 2. The summed E-state index contributed by atoms with van der Waals surface area (Å²) in [4.78, 5) is 25.5. The molecule has 0 saturated heterocycles. The largest absolute Gasteiger partial charge is 0.497 e. The summed E-state index contributed by atoms with van der Waals surface area (Å²) < 4.78 is 17.0. The van der Waals surface area contributed by atoms with Crippen LogP contribution in [0.1, 0.15) is 29.3 Å². The molecule has 2 aromatic heterocycles. The fraction of sp³-hybridized carbons (Fsp3) is 0.250. The third-order valence-electron chi connectivity index (χ3n) is 5.77. The standard InChI is InChI=1S/C28H31N7O4/c1-5-39-25(36)15-10-22-18-31-35(19(22)2)28-33-26(29-16-20-6-11-23(37-3)12-7-20)32-27(34-28)30-17-21-8-13-24(38-4)14-9-21/h6-15,18H,5,16-17H2,1-4H3,(H2,29,30,32,33,34). The van der Waals surface area contributed by atoms with Crippen LogP contribution in [-0.4, -0.2) is 51.5 Å². The molecule has 0 aliphatic carbocycles. The van der Waals surface area contributed by atoms with E-state index < -0.39 is 5.97 Å². The van der Waals surface area contributed by atoms with E-state index in [0.717, 1.165) is 33.9 Å². The van der Waals surface area contributed by atoms with Gasteiger partial charge in [-0.15, -0.1) is 0 Å². The molecule has 4 rings (SSSR count). The van der Waals surface area contributed by atoms with Gasteiger partial charge in [0.25, 0.3) is 5.95 Å². The lowest BCUT2D eigenvalue weighted by Crippen LogP contribution is -2.14. The zero-order valence-corrected chi connectivity index (χ0v) is 22.3. The van der Waals surface area contributed by atoms with Crippen molar-refractivity contribution in [3.63, 3.8) is 0 Å². The van der Waals surface area contributed by atoms with Gasteiger partial charge in [0.2, 0.25) is 11.9 Å². The molecule has 0 aliphatic heterocycles. The maximum atomic E-state index is 11.7.